The van der Waals surface area contributed by atoms with Crippen LogP contribution in [-0.4, -0.2) is 224 Å². The van der Waals surface area contributed by atoms with Crippen LogP contribution < -0.4 is 68.7 Å². The number of nitrogens with one attached hydrogen (secondary N) is 13. The lowest BCUT2D eigenvalue weighted by Crippen LogP contribution is -3.16. The minimum Gasteiger partial charge on any atom is -0.354 e. The Morgan fingerprint density at radius 1 is 0.430 bits per heavy atom. The molecule has 0 aliphatic carbocycles. The highest BCUT2D eigenvalue weighted by molar-refractivity contribution is 6.03. The molecule has 9 unspecified atom stereocenters. The van der Waals surface area contributed by atoms with Gasteiger partial charge >= 0.3 is 0 Å². The lowest BCUT2D eigenvalue weighted by molar-refractivity contribution is -0.930. The van der Waals surface area contributed by atoms with Gasteiger partial charge in [-0.3, -0.25) is 72.0 Å². The van der Waals surface area contributed by atoms with Crippen molar-refractivity contribution >= 4 is 82.7 Å². The van der Waals surface area contributed by atoms with Gasteiger partial charge in [-0.15, -0.1) is 0 Å². The van der Waals surface area contributed by atoms with Gasteiger partial charge in [0.25, 0.3) is 0 Å². The first-order valence-corrected chi connectivity index (χ1v) is 36.0. The topological polar surface area (TPSA) is 397 Å². The van der Waals surface area contributed by atoms with Gasteiger partial charge in [-0.1, -0.05) is 41.5 Å². The number of likely N-dealkylation sites (tertiary alicyclic amines) is 2. The number of fused-ring (bicyclic) bond motifs is 1. The first-order valence-electron chi connectivity index (χ1n) is 36.0. The summed E-state index contributed by atoms with van der Waals surface area (Å²) in [6.07, 6.45) is 6.91. The number of hydrogen-bond donors (Lipinski definition) is 13. The summed E-state index contributed by atoms with van der Waals surface area (Å²) < 4.78 is 0. The van der Waals surface area contributed by atoms with Gasteiger partial charge in [0, 0.05) is 71.4 Å². The third-order valence-corrected chi connectivity index (χ3v) is 20.6. The van der Waals surface area contributed by atoms with Gasteiger partial charge < -0.3 is 78.5 Å². The van der Waals surface area contributed by atoms with Gasteiger partial charge in [0.05, 0.1) is 19.6 Å². The molecular formula is C70H123N16O14+. The molecule has 4 saturated heterocycles. The van der Waals surface area contributed by atoms with Gasteiger partial charge in [0.15, 0.2) is 0 Å². The van der Waals surface area contributed by atoms with Crippen LogP contribution in [0.15, 0.2) is 0 Å². The van der Waals surface area contributed by atoms with Crippen LogP contribution in [0.4, 0.5) is 0 Å². The lowest BCUT2D eigenvalue weighted by Gasteiger charge is -2.40. The Bertz CT molecular complexity index is 3060. The molecule has 13 N–H and O–H groups in total. The van der Waals surface area contributed by atoms with Crippen LogP contribution >= 0.6 is 0 Å². The molecule has 0 bridgehead atoms. The predicted molar refractivity (Wildman–Crippen MR) is 376 cm³/mol. The Kier molecular flexibility index (Phi) is 28.9. The van der Waals surface area contributed by atoms with Crippen molar-refractivity contribution in [2.75, 3.05) is 52.4 Å². The van der Waals surface area contributed by atoms with Gasteiger partial charge in [-0.05, 0) is 161 Å². The summed E-state index contributed by atoms with van der Waals surface area (Å²) in [6.45, 7) is 36.7. The zero-order valence-electron chi connectivity index (χ0n) is 63.8. The Labute approximate surface area is 592 Å². The maximum absolute atomic E-state index is 14.4. The van der Waals surface area contributed by atoms with E-state index in [4.69, 9.17) is 0 Å². The summed E-state index contributed by atoms with van der Waals surface area (Å²) in [5.74, 6) is -8.36. The van der Waals surface area contributed by atoms with Crippen LogP contribution in [0.1, 0.15) is 229 Å². The van der Waals surface area contributed by atoms with Crippen LogP contribution in [0.2, 0.25) is 0 Å². The lowest BCUT2D eigenvalue weighted by atomic mass is 9.91. The van der Waals surface area contributed by atoms with E-state index in [1.807, 2.05) is 6.92 Å². The molecule has 0 aromatic carbocycles. The van der Waals surface area contributed by atoms with Crippen LogP contribution in [-0.2, 0) is 67.1 Å². The van der Waals surface area contributed by atoms with Crippen LogP contribution in [0, 0.1) is 5.92 Å². The third kappa shape index (κ3) is 21.8. The first-order chi connectivity index (χ1) is 46.0. The van der Waals surface area contributed by atoms with E-state index in [0.717, 1.165) is 32.4 Å². The molecule has 30 heteroatoms. The molecule has 4 fully saturated rings. The van der Waals surface area contributed by atoms with E-state index < -0.39 is 139 Å². The van der Waals surface area contributed by atoms with Crippen LogP contribution in [0.25, 0.3) is 0 Å². The Morgan fingerprint density at radius 2 is 0.840 bits per heavy atom. The Morgan fingerprint density at radius 3 is 1.34 bits per heavy atom. The van der Waals surface area contributed by atoms with E-state index in [9.17, 15) is 67.1 Å². The molecule has 0 aromatic rings. The Hall–Kier alpha value is -7.50. The molecule has 0 spiro atoms. The third-order valence-electron chi connectivity index (χ3n) is 20.6. The van der Waals surface area contributed by atoms with E-state index in [2.05, 4.69) is 82.5 Å². The molecule has 9 atom stereocenters. The number of nitrogens with zero attached hydrogens (tertiary/aromatic N) is 3. The molecule has 0 saturated carbocycles. The summed E-state index contributed by atoms with van der Waals surface area (Å²) in [6, 6.07) is -1.77. The van der Waals surface area contributed by atoms with Gasteiger partial charge in [0.2, 0.25) is 82.7 Å². The van der Waals surface area contributed by atoms with Crippen molar-refractivity contribution in [2.45, 2.75) is 303 Å². The fraction of sp³-hybridized carbons (Fsp3) is 0.800. The summed E-state index contributed by atoms with van der Waals surface area (Å²) in [7, 11) is 0. The molecule has 0 aromatic heterocycles. The summed E-state index contributed by atoms with van der Waals surface area (Å²) in [5, 5.41) is 32.8. The minimum absolute atomic E-state index is 0.00455. The van der Waals surface area contributed by atoms with E-state index in [1.165, 1.54) is 126 Å². The average Bonchev–Trinajstić information content (AvgIpc) is 1.26. The molecular weight excluding hydrogens is 1290 g/mol. The maximum Gasteiger partial charge on any atom is 0.248 e. The van der Waals surface area contributed by atoms with Crippen molar-refractivity contribution in [1.82, 2.24) is 78.5 Å². The van der Waals surface area contributed by atoms with Crippen molar-refractivity contribution in [3.05, 3.63) is 0 Å². The molecule has 4 heterocycles. The number of carbonyl (C=O) groups excluding carboxylic acids is 14. The minimum atomic E-state index is -1.72. The maximum atomic E-state index is 14.4. The van der Waals surface area contributed by atoms with Crippen molar-refractivity contribution in [3.8, 4) is 0 Å². The molecule has 30 nitrogen and oxygen atoms in total. The zero-order chi connectivity index (χ0) is 76.1. The monoisotopic (exact) mass is 1410 g/mol. The normalized spacial score (nSPS) is 21.0. The number of quaternary nitrogens is 1. The van der Waals surface area contributed by atoms with Crippen molar-refractivity contribution in [2.24, 2.45) is 5.92 Å². The highest BCUT2D eigenvalue weighted by Gasteiger charge is 2.50. The van der Waals surface area contributed by atoms with Crippen molar-refractivity contribution in [1.29, 1.82) is 0 Å². The number of carbonyl (C=O) groups is 14. The van der Waals surface area contributed by atoms with E-state index in [0.29, 0.717) is 50.7 Å². The largest absolute Gasteiger partial charge is 0.354 e. The van der Waals surface area contributed by atoms with Crippen molar-refractivity contribution < 1.29 is 72.0 Å². The van der Waals surface area contributed by atoms with E-state index >= 15 is 0 Å². The molecule has 0 radical (unpaired) electrons. The highest BCUT2D eigenvalue weighted by atomic mass is 16.2. The van der Waals surface area contributed by atoms with Crippen LogP contribution in [0.3, 0.4) is 0 Å². The van der Waals surface area contributed by atoms with Crippen molar-refractivity contribution in [3.63, 3.8) is 0 Å². The summed E-state index contributed by atoms with van der Waals surface area (Å²) in [5.41, 5.74) is -14.2. The standard InChI is InChI=1S/C70H122N16O14/c1-22-67(18,82-60(99)69(20,24-3)76-51(90)46-30-26-38-85(46)44(7)87)57(96)71-34-33-48(88)72-41-49(89)74-62(8,9)53(92)77-65(14,15)56(95)81-70(21,25-4)59(98)80-64(12,13)54(93)78-63(10,11)55(94)79-66(16,17)61(100)86-39-27-31-47(86)52(91)75-68(19,23-2)58(97)73-45(40-43(5)6)42-84-37-29-36-83-35-28-32-50(83)84/h43,45-47,50H,22-42H2,1-21H3,(H,71,96)(H,72,88)(H,73,97)(H,74,89)(H,75,91)(H,76,90)(H,77,92)(H,78,93)(H,79,94)(H,80,98)(H,81,95)(H,82,99)/p+1. The highest BCUT2D eigenvalue weighted by Crippen LogP contribution is 2.27. The van der Waals surface area contributed by atoms with E-state index in [-0.39, 0.29) is 56.6 Å². The number of hydrogen-bond acceptors (Lipinski definition) is 15. The number of amides is 14. The van der Waals surface area contributed by atoms with E-state index in [1.54, 1.807) is 32.6 Å². The molecule has 566 valence electrons. The van der Waals surface area contributed by atoms with Crippen LogP contribution in [0.5, 0.6) is 0 Å². The smallest absolute Gasteiger partial charge is 0.248 e. The molecule has 4 aliphatic heterocycles. The Balaban J connectivity index is 1.27. The quantitative estimate of drug-likeness (QED) is 0.0385. The second-order valence-corrected chi connectivity index (χ2v) is 31.9. The fourth-order valence-corrected chi connectivity index (χ4v) is 12.8. The van der Waals surface area contributed by atoms with Gasteiger partial charge in [-0.25, -0.2) is 0 Å². The number of rotatable bonds is 34. The summed E-state index contributed by atoms with van der Waals surface area (Å²) >= 11 is 0. The molecule has 100 heavy (non-hydrogen) atoms. The van der Waals surface area contributed by atoms with Gasteiger partial charge in [0.1, 0.15) is 68.1 Å². The second-order valence-electron chi connectivity index (χ2n) is 31.9. The predicted octanol–water partition coefficient (Wildman–Crippen LogP) is -0.534. The SMILES string of the molecule is CCC(C)(NC(=O)C1CCCN1C(C)=O)C(=O)NC(C)(CC)C(=O)NCCC(=O)NCC(=O)NC(C)(C)C(=O)NC(C)(C)C(=O)NC(C)(CC)C(=O)NC(C)(C)C(=O)NC(C)(C)C(=O)NC(C)(C)C(=O)N1CCCC1C(=O)NC(C)(CC)C(=O)NC(CC(C)C)CN1CCC[NH+]2CCCC12. The zero-order valence-corrected chi connectivity index (χ0v) is 63.8. The fourth-order valence-electron chi connectivity index (χ4n) is 12.8. The molecule has 14 amide bonds. The second kappa shape index (κ2) is 34.0. The molecule has 4 rings (SSSR count). The van der Waals surface area contributed by atoms with Gasteiger partial charge in [-0.2, -0.15) is 0 Å². The summed E-state index contributed by atoms with van der Waals surface area (Å²) in [4.78, 5) is 198. The first kappa shape index (κ1) is 84.9. The molecule has 4 aliphatic rings. The average molecular weight is 1410 g/mol.